The summed E-state index contributed by atoms with van der Waals surface area (Å²) in [6, 6.07) is 14.2. The smallest absolute Gasteiger partial charge is 0.347 e. The van der Waals surface area contributed by atoms with E-state index in [1.165, 1.54) is 0 Å². The van der Waals surface area contributed by atoms with E-state index in [1.54, 1.807) is 56.5 Å². The molecule has 0 saturated heterocycles. The summed E-state index contributed by atoms with van der Waals surface area (Å²) in [7, 11) is 0. The van der Waals surface area contributed by atoms with Gasteiger partial charge in [0.05, 0.1) is 34.7 Å². The molecule has 0 aliphatic carbocycles. The number of fused-ring (bicyclic) bond motifs is 1. The van der Waals surface area contributed by atoms with Crippen LogP contribution < -0.4 is 4.74 Å². The minimum absolute atomic E-state index is 0.321. The molecule has 1 aromatic heterocycles. The zero-order valence-electron chi connectivity index (χ0n) is 15.4. The lowest BCUT2D eigenvalue weighted by Gasteiger charge is -2.13. The van der Waals surface area contributed by atoms with Crippen LogP contribution in [0, 0.1) is 0 Å². The highest BCUT2D eigenvalue weighted by molar-refractivity contribution is 6.38. The number of carbonyl (C=O) groups excluding carboxylic acids is 1. The Bertz CT molecular complexity index is 1020. The van der Waals surface area contributed by atoms with Gasteiger partial charge in [-0.3, -0.25) is 4.99 Å². The quantitative estimate of drug-likeness (QED) is 0.386. The number of carbonyl (C=O) groups is 1. The molecular weight excluding hydrogens is 399 g/mol. The van der Waals surface area contributed by atoms with E-state index in [0.717, 1.165) is 11.1 Å². The molecule has 28 heavy (non-hydrogen) atoms. The number of hydrogen-bond donors (Lipinski definition) is 0. The number of esters is 1. The van der Waals surface area contributed by atoms with E-state index < -0.39 is 12.1 Å². The molecule has 0 spiro atoms. The molecule has 7 heteroatoms. The normalized spacial score (nSPS) is 12.3. The predicted octanol–water partition coefficient (Wildman–Crippen LogP) is 5.62. The van der Waals surface area contributed by atoms with Gasteiger partial charge in [0, 0.05) is 10.4 Å². The van der Waals surface area contributed by atoms with Crippen LogP contribution in [0.2, 0.25) is 10.0 Å². The molecule has 144 valence electrons. The summed E-state index contributed by atoms with van der Waals surface area (Å²) in [5.41, 5.74) is 2.11. The molecule has 0 bridgehead atoms. The monoisotopic (exact) mass is 416 g/mol. The second-order valence-corrected chi connectivity index (χ2v) is 6.80. The molecule has 0 fully saturated rings. The number of hydrogen-bond acceptors (Lipinski definition) is 5. The van der Waals surface area contributed by atoms with Gasteiger partial charge in [-0.15, -0.1) is 0 Å². The zero-order chi connectivity index (χ0) is 20.1. The Morgan fingerprint density at radius 2 is 1.93 bits per heavy atom. The number of aromatic nitrogens is 1. The van der Waals surface area contributed by atoms with Gasteiger partial charge in [-0.05, 0) is 62.4 Å². The number of aliphatic imine (C=N–C) groups is 1. The van der Waals surface area contributed by atoms with Crippen LogP contribution >= 0.6 is 23.2 Å². The molecule has 5 nitrogen and oxygen atoms in total. The van der Waals surface area contributed by atoms with Gasteiger partial charge in [0.1, 0.15) is 5.75 Å². The van der Waals surface area contributed by atoms with E-state index in [0.29, 0.717) is 33.6 Å². The van der Waals surface area contributed by atoms with Crippen molar-refractivity contribution < 1.29 is 14.3 Å². The Hall–Kier alpha value is -2.63. The Morgan fingerprint density at radius 1 is 1.18 bits per heavy atom. The van der Waals surface area contributed by atoms with Crippen LogP contribution in [-0.4, -0.2) is 29.9 Å². The number of ether oxygens (including phenoxy) is 2. The lowest BCUT2D eigenvalue weighted by molar-refractivity contribution is -0.150. The highest BCUT2D eigenvalue weighted by Crippen LogP contribution is 2.27. The maximum atomic E-state index is 11.6. The molecular formula is C21H18Cl2N2O3. The van der Waals surface area contributed by atoms with Crippen molar-refractivity contribution in [1.82, 2.24) is 4.98 Å². The van der Waals surface area contributed by atoms with E-state index in [9.17, 15) is 4.79 Å². The van der Waals surface area contributed by atoms with Crippen LogP contribution in [0.5, 0.6) is 5.75 Å². The number of benzene rings is 2. The highest BCUT2D eigenvalue weighted by Gasteiger charge is 2.15. The number of halogens is 2. The fourth-order valence-corrected chi connectivity index (χ4v) is 3.05. The first-order valence-corrected chi connectivity index (χ1v) is 9.45. The molecule has 0 aliphatic heterocycles. The summed E-state index contributed by atoms with van der Waals surface area (Å²) in [4.78, 5) is 20.5. The summed E-state index contributed by atoms with van der Waals surface area (Å²) in [5.74, 6) is 0.166. The Kier molecular flexibility index (Phi) is 6.49. The molecule has 3 rings (SSSR count). The SMILES string of the molecule is CCOC(=O)C(C)Oc1ccc(N=Cc2ccc3c(Cl)cc(Cl)cc3n2)cc1. The van der Waals surface area contributed by atoms with E-state index in [1.807, 2.05) is 12.1 Å². The molecule has 2 aromatic carbocycles. The molecule has 0 saturated carbocycles. The van der Waals surface area contributed by atoms with Crippen LogP contribution in [0.15, 0.2) is 53.5 Å². The van der Waals surface area contributed by atoms with Gasteiger partial charge in [-0.1, -0.05) is 23.2 Å². The van der Waals surface area contributed by atoms with Gasteiger partial charge >= 0.3 is 5.97 Å². The van der Waals surface area contributed by atoms with Crippen molar-refractivity contribution in [2.75, 3.05) is 6.61 Å². The Labute approximate surface area is 172 Å². The van der Waals surface area contributed by atoms with Crippen LogP contribution in [-0.2, 0) is 9.53 Å². The van der Waals surface area contributed by atoms with Crippen molar-refractivity contribution in [3.8, 4) is 5.75 Å². The van der Waals surface area contributed by atoms with Gasteiger partial charge in [-0.2, -0.15) is 0 Å². The first kappa shape index (κ1) is 20.1. The number of nitrogens with zero attached hydrogens (tertiary/aromatic N) is 2. The second-order valence-electron chi connectivity index (χ2n) is 5.95. The van der Waals surface area contributed by atoms with Crippen molar-refractivity contribution in [2.45, 2.75) is 20.0 Å². The second kappa shape index (κ2) is 9.04. The first-order valence-electron chi connectivity index (χ1n) is 8.69. The van der Waals surface area contributed by atoms with Gasteiger partial charge in [-0.25, -0.2) is 9.78 Å². The van der Waals surface area contributed by atoms with Crippen LogP contribution in [0.1, 0.15) is 19.5 Å². The minimum Gasteiger partial charge on any atom is -0.479 e. The zero-order valence-corrected chi connectivity index (χ0v) is 16.9. The van der Waals surface area contributed by atoms with E-state index in [4.69, 9.17) is 32.7 Å². The minimum atomic E-state index is -0.672. The maximum absolute atomic E-state index is 11.6. The summed E-state index contributed by atoms with van der Waals surface area (Å²) < 4.78 is 10.5. The third kappa shape index (κ3) is 5.00. The number of rotatable bonds is 6. The fourth-order valence-electron chi connectivity index (χ4n) is 2.51. The van der Waals surface area contributed by atoms with E-state index in [2.05, 4.69) is 9.98 Å². The van der Waals surface area contributed by atoms with Crippen molar-refractivity contribution >= 4 is 52.0 Å². The molecule has 0 aliphatic rings. The topological polar surface area (TPSA) is 60.8 Å². The van der Waals surface area contributed by atoms with Crippen molar-refractivity contribution in [3.05, 3.63) is 64.3 Å². The third-order valence-electron chi connectivity index (χ3n) is 3.86. The van der Waals surface area contributed by atoms with Gasteiger partial charge in [0.25, 0.3) is 0 Å². The van der Waals surface area contributed by atoms with Gasteiger partial charge in [0.15, 0.2) is 6.10 Å². The average molecular weight is 417 g/mol. The number of pyridine rings is 1. The van der Waals surface area contributed by atoms with Gasteiger partial charge in [0.2, 0.25) is 0 Å². The standard InChI is InChI=1S/C21H18Cl2N2O3/c1-3-27-21(26)13(2)28-17-7-4-15(5-8-17)24-12-16-6-9-18-19(23)10-14(22)11-20(18)25-16/h4-13H,3H2,1-2H3. The predicted molar refractivity (Wildman–Crippen MR) is 112 cm³/mol. The molecule has 1 atom stereocenters. The lowest BCUT2D eigenvalue weighted by atomic mass is 10.2. The van der Waals surface area contributed by atoms with Crippen LogP contribution in [0.4, 0.5) is 5.69 Å². The molecule has 0 radical (unpaired) electrons. The molecule has 3 aromatic rings. The summed E-state index contributed by atoms with van der Waals surface area (Å²) in [6.07, 6.45) is 0.987. The maximum Gasteiger partial charge on any atom is 0.347 e. The van der Waals surface area contributed by atoms with Crippen molar-refractivity contribution in [2.24, 2.45) is 4.99 Å². The van der Waals surface area contributed by atoms with Gasteiger partial charge < -0.3 is 9.47 Å². The summed E-state index contributed by atoms with van der Waals surface area (Å²) in [5, 5.41) is 1.93. The Balaban J connectivity index is 1.71. The van der Waals surface area contributed by atoms with E-state index >= 15 is 0 Å². The summed E-state index contributed by atoms with van der Waals surface area (Å²) >= 11 is 12.2. The largest absolute Gasteiger partial charge is 0.479 e. The summed E-state index contributed by atoms with van der Waals surface area (Å²) in [6.45, 7) is 3.72. The highest BCUT2D eigenvalue weighted by atomic mass is 35.5. The Morgan fingerprint density at radius 3 is 2.64 bits per heavy atom. The average Bonchev–Trinajstić information content (AvgIpc) is 2.67. The molecule has 1 unspecified atom stereocenters. The van der Waals surface area contributed by atoms with Crippen LogP contribution in [0.25, 0.3) is 10.9 Å². The van der Waals surface area contributed by atoms with Crippen molar-refractivity contribution in [3.63, 3.8) is 0 Å². The third-order valence-corrected chi connectivity index (χ3v) is 4.39. The molecule has 0 N–H and O–H groups in total. The molecule has 0 amide bonds. The fraction of sp³-hybridized carbons (Fsp3) is 0.190. The first-order chi connectivity index (χ1) is 13.5. The lowest BCUT2D eigenvalue weighted by Crippen LogP contribution is -2.25. The van der Waals surface area contributed by atoms with Crippen LogP contribution in [0.3, 0.4) is 0 Å². The van der Waals surface area contributed by atoms with Crippen molar-refractivity contribution in [1.29, 1.82) is 0 Å². The molecule has 1 heterocycles. The van der Waals surface area contributed by atoms with E-state index in [-0.39, 0.29) is 0 Å².